The van der Waals surface area contributed by atoms with E-state index in [0.717, 1.165) is 154 Å². The monoisotopic (exact) mass is 1530 g/mol. The van der Waals surface area contributed by atoms with Gasteiger partial charge in [-0.3, -0.25) is 37.3 Å². The number of carbonyl (C=O) groups excluding carboxylic acids is 4. The standard InChI is InChI=1S/C87H146O17P2/c1-5-9-13-17-21-25-29-33-36-38-40-42-45-49-52-56-60-64-68-72-85(90)98-77-82(103-86(91)73-69-65-61-57-53-47-32-28-24-20-16-12-8-4)79-101-105(93,94)99-75-81(88)76-100-106(95,96)102-80-83(78-97-84(89)71-67-63-59-55-51-48-44-35-31-27-23-19-15-11-7-3)104-87(92)74-70-66-62-58-54-50-46-43-41-39-37-34-30-26-22-18-14-10-6-2/h9,13,21-22,25-26,28,32-37,40-44,49-50,52,54,62,66,81-83,88H,5-8,10-12,14-20,23-24,27,29-31,38-39,45-48,51,53,55-61,63-65,67-80H2,1-4H3,(H,93,94)(H,95,96)/b13-9-,25-21-,26-22-,32-28-,36-33-,37-34-,42-40-,43-41-,44-35-,52-49-,54-50-,66-62-/t81-,82-,83-/m1/s1. The molecule has 0 aliphatic carbocycles. The molecule has 2 unspecified atom stereocenters. The van der Waals surface area contributed by atoms with Crippen molar-refractivity contribution in [2.45, 2.75) is 341 Å². The summed E-state index contributed by atoms with van der Waals surface area (Å²) in [5.74, 6) is -2.33. The summed E-state index contributed by atoms with van der Waals surface area (Å²) in [5.41, 5.74) is 0. The largest absolute Gasteiger partial charge is 0.472 e. The molecule has 0 amide bonds. The maximum atomic E-state index is 13.1. The summed E-state index contributed by atoms with van der Waals surface area (Å²) < 4.78 is 68.5. The van der Waals surface area contributed by atoms with Crippen molar-refractivity contribution in [2.24, 2.45) is 0 Å². The number of ether oxygens (including phenoxy) is 4. The van der Waals surface area contributed by atoms with E-state index in [1.165, 1.54) is 83.5 Å². The molecule has 0 bridgehead atoms. The van der Waals surface area contributed by atoms with Gasteiger partial charge in [0, 0.05) is 25.7 Å². The third kappa shape index (κ3) is 77.1. The van der Waals surface area contributed by atoms with E-state index in [4.69, 9.17) is 37.0 Å². The second-order valence-electron chi connectivity index (χ2n) is 27.0. The minimum Gasteiger partial charge on any atom is -0.462 e. The van der Waals surface area contributed by atoms with Gasteiger partial charge in [0.25, 0.3) is 0 Å². The van der Waals surface area contributed by atoms with Crippen molar-refractivity contribution in [3.63, 3.8) is 0 Å². The lowest BCUT2D eigenvalue weighted by atomic mass is 10.1. The van der Waals surface area contributed by atoms with E-state index < -0.39 is 97.5 Å². The zero-order chi connectivity index (χ0) is 77.4. The third-order valence-electron chi connectivity index (χ3n) is 16.8. The van der Waals surface area contributed by atoms with Crippen molar-refractivity contribution >= 4 is 39.5 Å². The number of phosphoric acid groups is 2. The van der Waals surface area contributed by atoms with Gasteiger partial charge in [0.05, 0.1) is 26.4 Å². The summed E-state index contributed by atoms with van der Waals surface area (Å²) >= 11 is 0. The Balaban J connectivity index is 5.47. The van der Waals surface area contributed by atoms with E-state index in [9.17, 15) is 43.2 Å². The first-order valence-corrected chi connectivity index (χ1v) is 44.1. The molecule has 0 saturated carbocycles. The van der Waals surface area contributed by atoms with E-state index >= 15 is 0 Å². The number of rotatable bonds is 76. The molecule has 0 aromatic rings. The Bertz CT molecular complexity index is 2580. The summed E-state index contributed by atoms with van der Waals surface area (Å²) in [6.45, 7) is 4.58. The van der Waals surface area contributed by atoms with Gasteiger partial charge in [0.1, 0.15) is 19.3 Å². The van der Waals surface area contributed by atoms with E-state index in [-0.39, 0.29) is 25.7 Å². The maximum Gasteiger partial charge on any atom is 0.472 e. The molecule has 0 fully saturated rings. The van der Waals surface area contributed by atoms with E-state index in [0.29, 0.717) is 32.1 Å². The van der Waals surface area contributed by atoms with Crippen LogP contribution in [0.15, 0.2) is 146 Å². The Morgan fingerprint density at radius 3 is 0.858 bits per heavy atom. The highest BCUT2D eigenvalue weighted by Gasteiger charge is 2.30. The summed E-state index contributed by atoms with van der Waals surface area (Å²) in [6.07, 6.45) is 89.8. The zero-order valence-corrected chi connectivity index (χ0v) is 68.1. The van der Waals surface area contributed by atoms with Gasteiger partial charge in [-0.15, -0.1) is 0 Å². The molecule has 3 N–H and O–H groups in total. The van der Waals surface area contributed by atoms with Gasteiger partial charge in [-0.2, -0.15) is 0 Å². The Kier molecular flexibility index (Phi) is 74.3. The lowest BCUT2D eigenvalue weighted by molar-refractivity contribution is -0.161. The summed E-state index contributed by atoms with van der Waals surface area (Å²) in [4.78, 5) is 73.0. The van der Waals surface area contributed by atoms with Crippen LogP contribution in [0.2, 0.25) is 0 Å². The van der Waals surface area contributed by atoms with Crippen molar-refractivity contribution in [1.82, 2.24) is 0 Å². The highest BCUT2D eigenvalue weighted by Crippen LogP contribution is 2.45. The van der Waals surface area contributed by atoms with Crippen LogP contribution in [0.25, 0.3) is 0 Å². The predicted octanol–water partition coefficient (Wildman–Crippen LogP) is 24.2. The Labute approximate surface area is 643 Å². The lowest BCUT2D eigenvalue weighted by Crippen LogP contribution is -2.30. The number of hydrogen-bond acceptors (Lipinski definition) is 15. The van der Waals surface area contributed by atoms with Gasteiger partial charge < -0.3 is 33.8 Å². The van der Waals surface area contributed by atoms with Crippen LogP contribution in [0.3, 0.4) is 0 Å². The molecule has 0 heterocycles. The number of unbranched alkanes of at least 4 members (excludes halogenated alkanes) is 26. The molecule has 0 saturated heterocycles. The first-order valence-electron chi connectivity index (χ1n) is 41.1. The first kappa shape index (κ1) is 101. The molecule has 0 aromatic carbocycles. The second-order valence-corrected chi connectivity index (χ2v) is 29.9. The highest BCUT2D eigenvalue weighted by molar-refractivity contribution is 7.47. The second kappa shape index (κ2) is 78.1. The molecular formula is C87H146O17P2. The maximum absolute atomic E-state index is 13.1. The van der Waals surface area contributed by atoms with E-state index in [1.807, 2.05) is 18.2 Å². The number of carbonyl (C=O) groups is 4. The topological polar surface area (TPSA) is 237 Å². The molecule has 17 nitrogen and oxygen atoms in total. The van der Waals surface area contributed by atoms with Crippen molar-refractivity contribution in [2.75, 3.05) is 39.6 Å². The van der Waals surface area contributed by atoms with Gasteiger partial charge in [0.15, 0.2) is 12.2 Å². The van der Waals surface area contributed by atoms with Gasteiger partial charge in [-0.05, 0) is 161 Å². The molecule has 0 spiro atoms. The van der Waals surface area contributed by atoms with Crippen LogP contribution in [-0.4, -0.2) is 96.7 Å². The number of allylic oxidation sites excluding steroid dienone is 24. The molecule has 106 heavy (non-hydrogen) atoms. The molecule has 0 aliphatic heterocycles. The van der Waals surface area contributed by atoms with Crippen LogP contribution in [0, 0.1) is 0 Å². The quantitative estimate of drug-likeness (QED) is 0.0169. The molecule has 0 radical (unpaired) electrons. The SMILES string of the molecule is CC/C=C\C/C=C\C/C=C\C/C=C\C/C=C\CCCCCC(=O)OC[C@H](COP(=O)(O)OC[C@@H](O)COP(=O)(O)OC[C@@H](COC(=O)CCCCCCC/C=C\CCCCCCCC)OC(=O)CC/C=C\C/C=C\C/C=C\C/C=C\C/C=C\CCCCC)OC(=O)CCCCCCC/C=C\CCCCCC. The number of aliphatic hydroxyl groups is 1. The fourth-order valence-corrected chi connectivity index (χ4v) is 12.1. The zero-order valence-electron chi connectivity index (χ0n) is 66.3. The average molecular weight is 1530 g/mol. The fourth-order valence-electron chi connectivity index (χ4n) is 10.5. The number of esters is 4. The van der Waals surface area contributed by atoms with Gasteiger partial charge in [-0.25, -0.2) is 9.13 Å². The molecular weight excluding hydrogens is 1380 g/mol. The van der Waals surface area contributed by atoms with Crippen LogP contribution in [0.1, 0.15) is 323 Å². The van der Waals surface area contributed by atoms with Crippen LogP contribution in [0.5, 0.6) is 0 Å². The Morgan fingerprint density at radius 2 is 0.509 bits per heavy atom. The lowest BCUT2D eigenvalue weighted by Gasteiger charge is -2.21. The molecule has 0 rings (SSSR count). The van der Waals surface area contributed by atoms with Crippen LogP contribution in [-0.2, 0) is 65.4 Å². The van der Waals surface area contributed by atoms with Crippen molar-refractivity contribution < 1.29 is 80.2 Å². The average Bonchev–Trinajstić information content (AvgIpc) is 0.899. The van der Waals surface area contributed by atoms with Crippen molar-refractivity contribution in [3.05, 3.63) is 146 Å². The molecule has 19 heteroatoms. The van der Waals surface area contributed by atoms with Gasteiger partial charge in [0.2, 0.25) is 0 Å². The van der Waals surface area contributed by atoms with Crippen LogP contribution in [0.4, 0.5) is 0 Å². The van der Waals surface area contributed by atoms with E-state index in [2.05, 4.69) is 155 Å². The normalized spacial score (nSPS) is 14.6. The summed E-state index contributed by atoms with van der Waals surface area (Å²) in [5, 5.41) is 10.6. The number of phosphoric ester groups is 2. The van der Waals surface area contributed by atoms with E-state index in [1.54, 1.807) is 0 Å². The minimum atomic E-state index is -5.01. The van der Waals surface area contributed by atoms with Crippen LogP contribution >= 0.6 is 15.6 Å². The Hall–Kier alpha value is -5.06. The smallest absolute Gasteiger partial charge is 0.462 e. The van der Waals surface area contributed by atoms with Crippen molar-refractivity contribution in [1.29, 1.82) is 0 Å². The van der Waals surface area contributed by atoms with Crippen LogP contribution < -0.4 is 0 Å². The third-order valence-corrected chi connectivity index (χ3v) is 18.7. The van der Waals surface area contributed by atoms with Gasteiger partial charge in [-0.1, -0.05) is 283 Å². The Morgan fingerprint density at radius 1 is 0.274 bits per heavy atom. The molecule has 606 valence electrons. The summed E-state index contributed by atoms with van der Waals surface area (Å²) in [7, 11) is -10.0. The first-order chi connectivity index (χ1) is 51.7. The predicted molar refractivity (Wildman–Crippen MR) is 436 cm³/mol. The van der Waals surface area contributed by atoms with Crippen molar-refractivity contribution in [3.8, 4) is 0 Å². The minimum absolute atomic E-state index is 0.0337. The number of hydrogen-bond donors (Lipinski definition) is 3. The summed E-state index contributed by atoms with van der Waals surface area (Å²) in [6, 6.07) is 0. The molecule has 5 atom stereocenters. The highest BCUT2D eigenvalue weighted by atomic mass is 31.2. The number of aliphatic hydroxyl groups excluding tert-OH is 1. The molecule has 0 aliphatic rings. The molecule has 0 aromatic heterocycles. The fraction of sp³-hybridized carbons (Fsp3) is 0.678. The van der Waals surface area contributed by atoms with Gasteiger partial charge >= 0.3 is 39.5 Å².